The van der Waals surface area contributed by atoms with Crippen molar-refractivity contribution in [2.45, 2.75) is 13.5 Å². The van der Waals surface area contributed by atoms with Crippen molar-refractivity contribution in [3.05, 3.63) is 40.8 Å². The Labute approximate surface area is 103 Å². The normalized spacial score (nSPS) is 10.3. The third kappa shape index (κ3) is 2.65. The fourth-order valence-electron chi connectivity index (χ4n) is 1.52. The number of esters is 1. The predicted molar refractivity (Wildman–Crippen MR) is 64.9 cm³/mol. The summed E-state index contributed by atoms with van der Waals surface area (Å²) in [5.74, 6) is -0.0457. The molecule has 1 heterocycles. The Morgan fingerprint density at radius 3 is 2.78 bits per heavy atom. The molecule has 1 N–H and O–H groups in total. The number of carbonyl (C=O) groups is 1. The Kier molecular flexibility index (Phi) is 3.57. The SMILES string of the molecule is CCOC(=O)Cn1nc(-c2ccccc2)[nH]c1=O. The number of aromatic amines is 1. The van der Waals surface area contributed by atoms with Crippen molar-refractivity contribution in [2.24, 2.45) is 0 Å². The van der Waals surface area contributed by atoms with E-state index in [0.29, 0.717) is 5.82 Å². The summed E-state index contributed by atoms with van der Waals surface area (Å²) in [6, 6.07) is 9.22. The second kappa shape index (κ2) is 5.31. The molecule has 0 aliphatic rings. The molecule has 1 aromatic carbocycles. The number of carbonyl (C=O) groups excluding carboxylic acids is 1. The zero-order chi connectivity index (χ0) is 13.0. The fraction of sp³-hybridized carbons (Fsp3) is 0.250. The lowest BCUT2D eigenvalue weighted by Crippen LogP contribution is -2.24. The van der Waals surface area contributed by atoms with Gasteiger partial charge in [-0.05, 0) is 6.92 Å². The van der Waals surface area contributed by atoms with E-state index in [1.807, 2.05) is 30.3 Å². The van der Waals surface area contributed by atoms with Crippen LogP contribution in [0.5, 0.6) is 0 Å². The van der Waals surface area contributed by atoms with Crippen molar-refractivity contribution in [1.82, 2.24) is 14.8 Å². The zero-order valence-electron chi connectivity index (χ0n) is 9.92. The number of hydrogen-bond donors (Lipinski definition) is 1. The highest BCUT2D eigenvalue weighted by Crippen LogP contribution is 2.11. The molecule has 0 amide bonds. The van der Waals surface area contributed by atoms with Crippen molar-refractivity contribution in [2.75, 3.05) is 6.61 Å². The molecule has 2 aromatic rings. The van der Waals surface area contributed by atoms with Gasteiger partial charge in [-0.2, -0.15) is 0 Å². The molecule has 0 radical (unpaired) electrons. The monoisotopic (exact) mass is 247 g/mol. The van der Waals surface area contributed by atoms with Crippen molar-refractivity contribution in [1.29, 1.82) is 0 Å². The van der Waals surface area contributed by atoms with Crippen LogP contribution < -0.4 is 5.69 Å². The van der Waals surface area contributed by atoms with Crippen LogP contribution in [0.1, 0.15) is 6.92 Å². The minimum Gasteiger partial charge on any atom is -0.465 e. The van der Waals surface area contributed by atoms with Crippen molar-refractivity contribution in [3.63, 3.8) is 0 Å². The Balaban J connectivity index is 2.23. The molecule has 2 rings (SSSR count). The van der Waals surface area contributed by atoms with E-state index in [4.69, 9.17) is 4.74 Å². The topological polar surface area (TPSA) is 77.0 Å². The summed E-state index contributed by atoms with van der Waals surface area (Å²) in [4.78, 5) is 25.5. The molecule has 0 atom stereocenters. The number of hydrogen-bond acceptors (Lipinski definition) is 4. The third-order valence-corrected chi connectivity index (χ3v) is 2.31. The average molecular weight is 247 g/mol. The Morgan fingerprint density at radius 2 is 2.11 bits per heavy atom. The van der Waals surface area contributed by atoms with Gasteiger partial charge in [-0.3, -0.25) is 9.78 Å². The highest BCUT2D eigenvalue weighted by atomic mass is 16.5. The predicted octanol–water partition coefficient (Wildman–Crippen LogP) is 0.801. The second-order valence-electron chi connectivity index (χ2n) is 3.61. The van der Waals surface area contributed by atoms with Crippen LogP contribution in [0.4, 0.5) is 0 Å². The molecular formula is C12H13N3O3. The van der Waals surface area contributed by atoms with Gasteiger partial charge in [-0.15, -0.1) is 5.10 Å². The molecule has 0 spiro atoms. The van der Waals surface area contributed by atoms with Gasteiger partial charge in [0, 0.05) is 5.56 Å². The van der Waals surface area contributed by atoms with E-state index in [1.165, 1.54) is 0 Å². The Hall–Kier alpha value is -2.37. The van der Waals surface area contributed by atoms with Gasteiger partial charge in [0.2, 0.25) is 0 Å². The molecule has 0 aliphatic carbocycles. The van der Waals surface area contributed by atoms with Gasteiger partial charge in [0.1, 0.15) is 6.54 Å². The van der Waals surface area contributed by atoms with Crippen LogP contribution in [0.2, 0.25) is 0 Å². The van der Waals surface area contributed by atoms with Crippen molar-refractivity contribution in [3.8, 4) is 11.4 Å². The smallest absolute Gasteiger partial charge is 0.344 e. The largest absolute Gasteiger partial charge is 0.465 e. The summed E-state index contributed by atoms with van der Waals surface area (Å²) in [7, 11) is 0. The molecule has 0 aliphatic heterocycles. The number of H-pyrrole nitrogens is 1. The van der Waals surface area contributed by atoms with Gasteiger partial charge < -0.3 is 4.74 Å². The molecular weight excluding hydrogens is 234 g/mol. The fourth-order valence-corrected chi connectivity index (χ4v) is 1.52. The van der Waals surface area contributed by atoms with Crippen LogP contribution in [-0.2, 0) is 16.1 Å². The number of nitrogens with one attached hydrogen (secondary N) is 1. The molecule has 1 aromatic heterocycles. The van der Waals surface area contributed by atoms with E-state index in [0.717, 1.165) is 10.2 Å². The van der Waals surface area contributed by atoms with Crippen LogP contribution in [0.25, 0.3) is 11.4 Å². The molecule has 0 saturated carbocycles. The number of aromatic nitrogens is 3. The van der Waals surface area contributed by atoms with Crippen LogP contribution in [0.15, 0.2) is 35.1 Å². The van der Waals surface area contributed by atoms with E-state index in [1.54, 1.807) is 6.92 Å². The Bertz CT molecular complexity index is 586. The highest BCUT2D eigenvalue weighted by Gasteiger charge is 2.10. The molecule has 94 valence electrons. The van der Waals surface area contributed by atoms with Gasteiger partial charge >= 0.3 is 11.7 Å². The highest BCUT2D eigenvalue weighted by molar-refractivity contribution is 5.69. The first kappa shape index (κ1) is 12.1. The summed E-state index contributed by atoms with van der Waals surface area (Å²) in [6.45, 7) is 1.81. The number of ether oxygens (including phenoxy) is 1. The standard InChI is InChI=1S/C12H13N3O3/c1-2-18-10(16)8-15-12(17)13-11(14-15)9-6-4-3-5-7-9/h3-7H,2,8H2,1H3,(H,13,14,17). The summed E-state index contributed by atoms with van der Waals surface area (Å²) in [5, 5.41) is 4.05. The van der Waals surface area contributed by atoms with E-state index in [-0.39, 0.29) is 13.2 Å². The molecule has 0 saturated heterocycles. The third-order valence-electron chi connectivity index (χ3n) is 2.31. The maximum Gasteiger partial charge on any atom is 0.344 e. The van der Waals surface area contributed by atoms with Crippen molar-refractivity contribution < 1.29 is 9.53 Å². The first-order valence-corrected chi connectivity index (χ1v) is 5.59. The summed E-state index contributed by atoms with van der Waals surface area (Å²) >= 11 is 0. The summed E-state index contributed by atoms with van der Waals surface area (Å²) < 4.78 is 5.82. The van der Waals surface area contributed by atoms with Gasteiger partial charge in [-0.25, -0.2) is 9.48 Å². The first-order chi connectivity index (χ1) is 8.70. The van der Waals surface area contributed by atoms with E-state index < -0.39 is 11.7 Å². The number of rotatable bonds is 4. The molecule has 6 heteroatoms. The minimum absolute atomic E-state index is 0.185. The van der Waals surface area contributed by atoms with Gasteiger partial charge in [-0.1, -0.05) is 30.3 Å². The molecule has 6 nitrogen and oxygen atoms in total. The Morgan fingerprint density at radius 1 is 1.39 bits per heavy atom. The zero-order valence-corrected chi connectivity index (χ0v) is 9.92. The summed E-state index contributed by atoms with van der Waals surface area (Å²) in [6.07, 6.45) is 0. The first-order valence-electron chi connectivity index (χ1n) is 5.59. The number of nitrogens with zero attached hydrogens (tertiary/aromatic N) is 2. The molecule has 0 fully saturated rings. The quantitative estimate of drug-likeness (QED) is 0.811. The van der Waals surface area contributed by atoms with Gasteiger partial charge in [0.05, 0.1) is 6.61 Å². The van der Waals surface area contributed by atoms with E-state index in [9.17, 15) is 9.59 Å². The molecule has 0 unspecified atom stereocenters. The van der Waals surface area contributed by atoms with E-state index in [2.05, 4.69) is 10.1 Å². The van der Waals surface area contributed by atoms with Gasteiger partial charge in [0.15, 0.2) is 5.82 Å². The average Bonchev–Trinajstić information content (AvgIpc) is 2.72. The second-order valence-corrected chi connectivity index (χ2v) is 3.61. The van der Waals surface area contributed by atoms with Crippen molar-refractivity contribution >= 4 is 5.97 Å². The maximum atomic E-state index is 11.6. The molecule has 0 bridgehead atoms. The lowest BCUT2D eigenvalue weighted by atomic mass is 10.2. The maximum absolute atomic E-state index is 11.6. The van der Waals surface area contributed by atoms with Gasteiger partial charge in [0.25, 0.3) is 0 Å². The van der Waals surface area contributed by atoms with E-state index >= 15 is 0 Å². The lowest BCUT2D eigenvalue weighted by molar-refractivity contribution is -0.144. The van der Waals surface area contributed by atoms with Crippen LogP contribution in [0.3, 0.4) is 0 Å². The van der Waals surface area contributed by atoms with Crippen LogP contribution >= 0.6 is 0 Å². The lowest BCUT2D eigenvalue weighted by Gasteiger charge is -1.99. The van der Waals surface area contributed by atoms with Crippen LogP contribution in [0, 0.1) is 0 Å². The minimum atomic E-state index is -0.481. The molecule has 18 heavy (non-hydrogen) atoms. The summed E-state index contributed by atoms with van der Waals surface area (Å²) in [5.41, 5.74) is 0.360. The van der Waals surface area contributed by atoms with Crippen LogP contribution in [-0.4, -0.2) is 27.3 Å². The number of benzene rings is 1.